The molecule has 0 saturated carbocycles. The van der Waals surface area contributed by atoms with Crippen LogP contribution in [-0.2, 0) is 10.0 Å². The topological polar surface area (TPSA) is 58.2 Å². The molecule has 1 saturated heterocycles. The van der Waals surface area contributed by atoms with Gasteiger partial charge in [0.25, 0.3) is 0 Å². The first-order chi connectivity index (χ1) is 8.40. The van der Waals surface area contributed by atoms with Gasteiger partial charge in [-0.25, -0.2) is 13.1 Å². The highest BCUT2D eigenvalue weighted by atomic mass is 32.2. The van der Waals surface area contributed by atoms with Crippen LogP contribution in [0.5, 0.6) is 0 Å². The molecule has 4 nitrogen and oxygen atoms in total. The normalized spacial score (nSPS) is 20.3. The zero-order chi connectivity index (χ0) is 13.3. The smallest absolute Gasteiger partial charge is 0.241 e. The van der Waals surface area contributed by atoms with Crippen molar-refractivity contribution in [2.45, 2.75) is 38.1 Å². The number of rotatable bonds is 3. The molecule has 1 heterocycles. The van der Waals surface area contributed by atoms with E-state index in [2.05, 4.69) is 10.0 Å². The van der Waals surface area contributed by atoms with E-state index < -0.39 is 10.0 Å². The van der Waals surface area contributed by atoms with Crippen LogP contribution < -0.4 is 10.0 Å². The molecule has 2 N–H and O–H groups in total. The summed E-state index contributed by atoms with van der Waals surface area (Å²) in [5, 5.41) is 3.16. The van der Waals surface area contributed by atoms with E-state index in [-0.39, 0.29) is 6.04 Å². The molecule has 5 heteroatoms. The Morgan fingerprint density at radius 2 is 1.83 bits per heavy atom. The summed E-state index contributed by atoms with van der Waals surface area (Å²) in [6.07, 6.45) is 0.850. The Balaban J connectivity index is 2.34. The fraction of sp³-hybridized carbons (Fsp3) is 0.538. The van der Waals surface area contributed by atoms with Gasteiger partial charge in [-0.15, -0.1) is 0 Å². The molecule has 0 amide bonds. The summed E-state index contributed by atoms with van der Waals surface area (Å²) >= 11 is 0. The minimum Gasteiger partial charge on any atom is -0.315 e. The van der Waals surface area contributed by atoms with Gasteiger partial charge in [0.1, 0.15) is 0 Å². The summed E-state index contributed by atoms with van der Waals surface area (Å²) in [6, 6.07) is 3.83. The van der Waals surface area contributed by atoms with Crippen molar-refractivity contribution in [3.63, 3.8) is 0 Å². The van der Waals surface area contributed by atoms with Crippen LogP contribution in [0.15, 0.2) is 17.0 Å². The summed E-state index contributed by atoms with van der Waals surface area (Å²) < 4.78 is 27.6. The lowest BCUT2D eigenvalue weighted by Gasteiger charge is -2.16. The molecule has 1 aromatic carbocycles. The lowest BCUT2D eigenvalue weighted by molar-refractivity contribution is 0.559. The quantitative estimate of drug-likeness (QED) is 0.867. The first kappa shape index (κ1) is 13.5. The monoisotopic (exact) mass is 268 g/mol. The molecule has 0 unspecified atom stereocenters. The first-order valence-corrected chi connectivity index (χ1v) is 7.69. The van der Waals surface area contributed by atoms with Gasteiger partial charge in [-0.3, -0.25) is 0 Å². The second-order valence-electron chi connectivity index (χ2n) is 5.04. The third-order valence-electron chi connectivity index (χ3n) is 3.26. The number of aryl methyl sites for hydroxylation is 3. The van der Waals surface area contributed by atoms with E-state index in [1.807, 2.05) is 32.9 Å². The van der Waals surface area contributed by atoms with Crippen molar-refractivity contribution in [1.82, 2.24) is 10.0 Å². The van der Waals surface area contributed by atoms with Gasteiger partial charge in [-0.1, -0.05) is 17.7 Å². The SMILES string of the molecule is Cc1cc(C)c(S(=O)(=O)N[C@H]2CCNC2)c(C)c1. The Kier molecular flexibility index (Phi) is 3.75. The number of nitrogens with one attached hydrogen (secondary N) is 2. The largest absolute Gasteiger partial charge is 0.315 e. The molecule has 0 radical (unpaired) electrons. The van der Waals surface area contributed by atoms with Crippen molar-refractivity contribution in [3.8, 4) is 0 Å². The van der Waals surface area contributed by atoms with Gasteiger partial charge in [0.2, 0.25) is 10.0 Å². The molecule has 18 heavy (non-hydrogen) atoms. The highest BCUT2D eigenvalue weighted by Crippen LogP contribution is 2.22. The molecular formula is C13H20N2O2S. The zero-order valence-corrected chi connectivity index (χ0v) is 11.9. The van der Waals surface area contributed by atoms with Crippen LogP contribution in [-0.4, -0.2) is 27.5 Å². The summed E-state index contributed by atoms with van der Waals surface area (Å²) in [5.74, 6) is 0. The number of hydrogen-bond acceptors (Lipinski definition) is 3. The van der Waals surface area contributed by atoms with E-state index in [0.29, 0.717) is 11.4 Å². The fourth-order valence-electron chi connectivity index (χ4n) is 2.62. The summed E-state index contributed by atoms with van der Waals surface area (Å²) in [5.41, 5.74) is 2.71. The van der Waals surface area contributed by atoms with Crippen molar-refractivity contribution in [1.29, 1.82) is 0 Å². The maximum atomic E-state index is 12.4. The molecule has 1 aromatic rings. The minimum atomic E-state index is -3.41. The second-order valence-corrected chi connectivity index (χ2v) is 6.69. The molecule has 0 aliphatic carbocycles. The van der Waals surface area contributed by atoms with E-state index in [4.69, 9.17) is 0 Å². The van der Waals surface area contributed by atoms with Gasteiger partial charge >= 0.3 is 0 Å². The van der Waals surface area contributed by atoms with Gasteiger partial charge in [0.05, 0.1) is 4.90 Å². The maximum Gasteiger partial charge on any atom is 0.241 e. The van der Waals surface area contributed by atoms with Crippen LogP contribution in [0.25, 0.3) is 0 Å². The van der Waals surface area contributed by atoms with Gasteiger partial charge in [0, 0.05) is 12.6 Å². The van der Waals surface area contributed by atoms with E-state index in [0.717, 1.165) is 29.7 Å². The van der Waals surface area contributed by atoms with Gasteiger partial charge in [0.15, 0.2) is 0 Å². The average Bonchev–Trinajstić information content (AvgIpc) is 2.66. The molecule has 1 fully saturated rings. The molecule has 0 aromatic heterocycles. The van der Waals surface area contributed by atoms with Crippen molar-refractivity contribution in [3.05, 3.63) is 28.8 Å². The Labute approximate surface area is 109 Å². The first-order valence-electron chi connectivity index (χ1n) is 6.21. The van der Waals surface area contributed by atoms with E-state index in [1.54, 1.807) is 0 Å². The highest BCUT2D eigenvalue weighted by molar-refractivity contribution is 7.89. The van der Waals surface area contributed by atoms with Crippen molar-refractivity contribution in [2.75, 3.05) is 13.1 Å². The van der Waals surface area contributed by atoms with Crippen molar-refractivity contribution >= 4 is 10.0 Å². The molecule has 0 spiro atoms. The van der Waals surface area contributed by atoms with Gasteiger partial charge < -0.3 is 5.32 Å². The minimum absolute atomic E-state index is 0.00935. The van der Waals surface area contributed by atoms with Crippen LogP contribution in [0.3, 0.4) is 0 Å². The lowest BCUT2D eigenvalue weighted by atomic mass is 10.1. The van der Waals surface area contributed by atoms with E-state index >= 15 is 0 Å². The number of sulfonamides is 1. The van der Waals surface area contributed by atoms with Crippen LogP contribution in [0.4, 0.5) is 0 Å². The summed E-state index contributed by atoms with van der Waals surface area (Å²) in [4.78, 5) is 0.431. The Morgan fingerprint density at radius 3 is 2.33 bits per heavy atom. The lowest BCUT2D eigenvalue weighted by Crippen LogP contribution is -2.36. The van der Waals surface area contributed by atoms with Crippen molar-refractivity contribution in [2.24, 2.45) is 0 Å². The zero-order valence-electron chi connectivity index (χ0n) is 11.1. The third-order valence-corrected chi connectivity index (χ3v) is 5.08. The predicted molar refractivity (Wildman–Crippen MR) is 72.2 cm³/mol. The molecular weight excluding hydrogens is 248 g/mol. The van der Waals surface area contributed by atoms with Crippen LogP contribution >= 0.6 is 0 Å². The molecule has 1 atom stereocenters. The maximum absolute atomic E-state index is 12.4. The highest BCUT2D eigenvalue weighted by Gasteiger charge is 2.25. The van der Waals surface area contributed by atoms with Crippen LogP contribution in [0, 0.1) is 20.8 Å². The fourth-order valence-corrected chi connectivity index (χ4v) is 4.35. The molecule has 0 bridgehead atoms. The van der Waals surface area contributed by atoms with Gasteiger partial charge in [-0.05, 0) is 44.9 Å². The molecule has 100 valence electrons. The second kappa shape index (κ2) is 4.99. The number of hydrogen-bond donors (Lipinski definition) is 2. The van der Waals surface area contributed by atoms with Gasteiger partial charge in [-0.2, -0.15) is 0 Å². The molecule has 1 aliphatic rings. The third kappa shape index (κ3) is 2.74. The summed E-state index contributed by atoms with van der Waals surface area (Å²) in [7, 11) is -3.41. The molecule has 1 aliphatic heterocycles. The van der Waals surface area contributed by atoms with E-state index in [9.17, 15) is 8.42 Å². The standard InChI is InChI=1S/C13H20N2O2S/c1-9-6-10(2)13(11(3)7-9)18(16,17)15-12-4-5-14-8-12/h6-7,12,14-15H,4-5,8H2,1-3H3/t12-/m0/s1. The van der Waals surface area contributed by atoms with Crippen LogP contribution in [0.2, 0.25) is 0 Å². The Hall–Kier alpha value is -0.910. The summed E-state index contributed by atoms with van der Waals surface area (Å²) in [6.45, 7) is 7.26. The molecule has 2 rings (SSSR count). The van der Waals surface area contributed by atoms with E-state index in [1.165, 1.54) is 0 Å². The Morgan fingerprint density at radius 1 is 1.22 bits per heavy atom. The predicted octanol–water partition coefficient (Wildman–Crippen LogP) is 1.25. The van der Waals surface area contributed by atoms with Crippen LogP contribution in [0.1, 0.15) is 23.1 Å². The Bertz CT molecular complexity index is 523. The average molecular weight is 268 g/mol. The number of benzene rings is 1. The van der Waals surface area contributed by atoms with Crippen molar-refractivity contribution < 1.29 is 8.42 Å².